The smallest absolute Gasteiger partial charge is 0.272 e. The molecule has 1 amide bonds. The van der Waals surface area contributed by atoms with Crippen molar-refractivity contribution in [3.05, 3.63) is 17.5 Å². The molecule has 0 bridgehead atoms. The fourth-order valence-electron chi connectivity index (χ4n) is 3.29. The topological polar surface area (TPSA) is 47.4 Å². The van der Waals surface area contributed by atoms with E-state index in [0.29, 0.717) is 12.2 Å². The summed E-state index contributed by atoms with van der Waals surface area (Å²) in [6.45, 7) is 11.7. The van der Waals surface area contributed by atoms with E-state index in [1.807, 2.05) is 38.8 Å². The Morgan fingerprint density at radius 1 is 1.52 bits per heavy atom. The molecule has 2 rings (SSSR count). The lowest BCUT2D eigenvalue weighted by Gasteiger charge is -2.54. The standard InChI is InChI=1S/C16H27N3O2/c1-7-19-12(9-11(3)17-19)15(20)18(6)13-10-14(21-8-2)16(13,4)5/h9,13-14H,7-8,10H2,1-6H3/t13-,14+/m0/s1. The minimum Gasteiger partial charge on any atom is -0.378 e. The molecule has 0 aromatic carbocycles. The first-order valence-electron chi connectivity index (χ1n) is 7.76. The highest BCUT2D eigenvalue weighted by atomic mass is 16.5. The monoisotopic (exact) mass is 293 g/mol. The van der Waals surface area contributed by atoms with Crippen LogP contribution in [0.1, 0.15) is 50.3 Å². The maximum absolute atomic E-state index is 12.7. The Hall–Kier alpha value is -1.36. The van der Waals surface area contributed by atoms with Crippen molar-refractivity contribution in [2.75, 3.05) is 13.7 Å². The zero-order valence-corrected chi connectivity index (χ0v) is 14.0. The molecule has 1 aromatic rings. The number of nitrogens with zero attached hydrogens (tertiary/aromatic N) is 3. The van der Waals surface area contributed by atoms with Crippen LogP contribution in [0.15, 0.2) is 6.07 Å². The van der Waals surface area contributed by atoms with Gasteiger partial charge in [0.25, 0.3) is 5.91 Å². The third kappa shape index (κ3) is 2.71. The third-order valence-electron chi connectivity index (χ3n) is 4.70. The van der Waals surface area contributed by atoms with Crippen molar-refractivity contribution in [1.82, 2.24) is 14.7 Å². The lowest BCUT2D eigenvalue weighted by atomic mass is 9.63. The Morgan fingerprint density at radius 3 is 2.71 bits per heavy atom. The van der Waals surface area contributed by atoms with Gasteiger partial charge in [0.1, 0.15) is 5.69 Å². The highest BCUT2D eigenvalue weighted by Gasteiger charge is 2.52. The maximum atomic E-state index is 12.7. The van der Waals surface area contributed by atoms with Crippen LogP contribution in [0.3, 0.4) is 0 Å². The van der Waals surface area contributed by atoms with E-state index in [4.69, 9.17) is 4.74 Å². The number of rotatable bonds is 5. The van der Waals surface area contributed by atoms with Crippen LogP contribution in [-0.4, -0.2) is 46.4 Å². The molecule has 0 radical (unpaired) electrons. The molecule has 21 heavy (non-hydrogen) atoms. The number of carbonyl (C=O) groups excluding carboxylic acids is 1. The summed E-state index contributed by atoms with van der Waals surface area (Å²) < 4.78 is 7.53. The molecule has 0 aliphatic heterocycles. The second kappa shape index (κ2) is 5.79. The average Bonchev–Trinajstić information content (AvgIpc) is 2.82. The maximum Gasteiger partial charge on any atom is 0.272 e. The third-order valence-corrected chi connectivity index (χ3v) is 4.70. The highest BCUT2D eigenvalue weighted by Crippen LogP contribution is 2.45. The van der Waals surface area contributed by atoms with Crippen LogP contribution in [0.4, 0.5) is 0 Å². The molecule has 1 heterocycles. The summed E-state index contributed by atoms with van der Waals surface area (Å²) >= 11 is 0. The Kier molecular flexibility index (Phi) is 4.42. The van der Waals surface area contributed by atoms with Gasteiger partial charge in [0.15, 0.2) is 0 Å². The Bertz CT molecular complexity index is 522. The van der Waals surface area contributed by atoms with E-state index in [1.54, 1.807) is 4.68 Å². The molecular formula is C16H27N3O2. The van der Waals surface area contributed by atoms with Crippen molar-refractivity contribution in [3.63, 3.8) is 0 Å². The number of aromatic nitrogens is 2. The molecule has 1 aliphatic carbocycles. The molecule has 1 saturated carbocycles. The Morgan fingerprint density at radius 2 is 2.19 bits per heavy atom. The number of aryl methyl sites for hydroxylation is 2. The molecule has 1 fully saturated rings. The minimum absolute atomic E-state index is 0.00741. The van der Waals surface area contributed by atoms with Crippen molar-refractivity contribution < 1.29 is 9.53 Å². The van der Waals surface area contributed by atoms with Crippen molar-refractivity contribution in [3.8, 4) is 0 Å². The number of carbonyl (C=O) groups is 1. The second-order valence-corrected chi connectivity index (χ2v) is 6.42. The minimum atomic E-state index is -0.00741. The van der Waals surface area contributed by atoms with Crippen LogP contribution in [0.2, 0.25) is 0 Å². The summed E-state index contributed by atoms with van der Waals surface area (Å²) in [5.74, 6) is 0.0467. The molecule has 0 spiro atoms. The van der Waals surface area contributed by atoms with Crippen molar-refractivity contribution >= 4 is 5.91 Å². The van der Waals surface area contributed by atoms with Gasteiger partial charge in [-0.15, -0.1) is 0 Å². The lowest BCUT2D eigenvalue weighted by molar-refractivity contribution is -0.136. The van der Waals surface area contributed by atoms with E-state index < -0.39 is 0 Å². The van der Waals surface area contributed by atoms with E-state index in [9.17, 15) is 4.79 Å². The van der Waals surface area contributed by atoms with Crippen LogP contribution >= 0.6 is 0 Å². The SMILES string of the molecule is CCO[C@@H]1C[C@H](N(C)C(=O)c2cc(C)nn2CC)C1(C)C. The molecule has 0 unspecified atom stereocenters. The molecular weight excluding hydrogens is 266 g/mol. The molecule has 1 aliphatic rings. The number of hydrogen-bond acceptors (Lipinski definition) is 3. The molecule has 118 valence electrons. The molecule has 5 heteroatoms. The first kappa shape index (κ1) is 16.0. The van der Waals surface area contributed by atoms with Crippen LogP contribution in [0.25, 0.3) is 0 Å². The Labute approximate surface area is 127 Å². The largest absolute Gasteiger partial charge is 0.378 e. The lowest BCUT2D eigenvalue weighted by Crippen LogP contribution is -2.62. The van der Waals surface area contributed by atoms with Gasteiger partial charge in [-0.1, -0.05) is 13.8 Å². The average molecular weight is 293 g/mol. The van der Waals surface area contributed by atoms with E-state index in [1.165, 1.54) is 0 Å². The van der Waals surface area contributed by atoms with E-state index in [0.717, 1.165) is 18.7 Å². The van der Waals surface area contributed by atoms with Crippen molar-refractivity contribution in [2.45, 2.75) is 59.7 Å². The number of amides is 1. The van der Waals surface area contributed by atoms with Gasteiger partial charge in [0.05, 0.1) is 11.8 Å². The molecule has 0 N–H and O–H groups in total. The predicted molar refractivity (Wildman–Crippen MR) is 82.3 cm³/mol. The second-order valence-electron chi connectivity index (χ2n) is 6.42. The summed E-state index contributed by atoms with van der Waals surface area (Å²) in [4.78, 5) is 14.6. The summed E-state index contributed by atoms with van der Waals surface area (Å²) in [6, 6.07) is 2.08. The molecule has 1 aromatic heterocycles. The normalized spacial score (nSPS) is 23.7. The number of ether oxygens (including phenoxy) is 1. The summed E-state index contributed by atoms with van der Waals surface area (Å²) in [5, 5.41) is 4.36. The quantitative estimate of drug-likeness (QED) is 0.838. The molecule has 0 saturated heterocycles. The van der Waals surface area contributed by atoms with Gasteiger partial charge in [0.2, 0.25) is 0 Å². The zero-order chi connectivity index (χ0) is 15.8. The van der Waals surface area contributed by atoms with Gasteiger partial charge in [-0.3, -0.25) is 9.48 Å². The summed E-state index contributed by atoms with van der Waals surface area (Å²) in [6.07, 6.45) is 1.14. The van der Waals surface area contributed by atoms with E-state index in [2.05, 4.69) is 18.9 Å². The van der Waals surface area contributed by atoms with Gasteiger partial charge >= 0.3 is 0 Å². The summed E-state index contributed by atoms with van der Waals surface area (Å²) in [5.41, 5.74) is 1.55. The van der Waals surface area contributed by atoms with E-state index >= 15 is 0 Å². The van der Waals surface area contributed by atoms with Gasteiger partial charge in [-0.2, -0.15) is 5.10 Å². The fraction of sp³-hybridized carbons (Fsp3) is 0.750. The van der Waals surface area contributed by atoms with E-state index in [-0.39, 0.29) is 23.5 Å². The van der Waals surface area contributed by atoms with Gasteiger partial charge in [-0.05, 0) is 33.3 Å². The zero-order valence-electron chi connectivity index (χ0n) is 14.0. The van der Waals surface area contributed by atoms with Crippen LogP contribution in [0, 0.1) is 12.3 Å². The van der Waals surface area contributed by atoms with Crippen molar-refractivity contribution in [1.29, 1.82) is 0 Å². The summed E-state index contributed by atoms with van der Waals surface area (Å²) in [7, 11) is 1.89. The number of hydrogen-bond donors (Lipinski definition) is 0. The predicted octanol–water partition coefficient (Wildman–Crippen LogP) is 2.49. The first-order valence-corrected chi connectivity index (χ1v) is 7.76. The first-order chi connectivity index (χ1) is 9.82. The van der Waals surface area contributed by atoms with Gasteiger partial charge < -0.3 is 9.64 Å². The van der Waals surface area contributed by atoms with Crippen molar-refractivity contribution in [2.24, 2.45) is 5.41 Å². The van der Waals surface area contributed by atoms with Gasteiger partial charge in [0, 0.05) is 31.7 Å². The molecule has 5 nitrogen and oxygen atoms in total. The van der Waals surface area contributed by atoms with Gasteiger partial charge in [-0.25, -0.2) is 0 Å². The Balaban J connectivity index is 2.14. The highest BCUT2D eigenvalue weighted by molar-refractivity contribution is 5.93. The van der Waals surface area contributed by atoms with Crippen LogP contribution in [0.5, 0.6) is 0 Å². The molecule has 2 atom stereocenters. The fourth-order valence-corrected chi connectivity index (χ4v) is 3.29. The van der Waals surface area contributed by atoms with Crippen LogP contribution < -0.4 is 0 Å². The van der Waals surface area contributed by atoms with Crippen LogP contribution in [-0.2, 0) is 11.3 Å².